The van der Waals surface area contributed by atoms with Crippen LogP contribution in [0.1, 0.15) is 122 Å². The number of ether oxygens (including phenoxy) is 1. The standard InChI is InChI=1S/C34H48FNO.H2S/c1-4-6-8-10-12-24-34(36-3)25-22-31(23-26-34)29-16-14-28(15-17-29)30-18-20-33(21-19-30)37-27-32(35)13-11-9-7-5-2;/h14-21,31-32H,4-13,22-27H2,1-2H3;1H2. The Morgan fingerprint density at radius 2 is 1.39 bits per heavy atom. The Bertz CT molecular complexity index is 928. The molecule has 1 aliphatic rings. The molecule has 0 N–H and O–H groups in total. The first kappa shape index (κ1) is 32.2. The summed E-state index contributed by atoms with van der Waals surface area (Å²) >= 11 is 0. The zero-order valence-electron chi connectivity index (χ0n) is 23.8. The van der Waals surface area contributed by atoms with Crippen LogP contribution in [0.3, 0.4) is 0 Å². The molecule has 0 amide bonds. The van der Waals surface area contributed by atoms with Crippen LogP contribution >= 0.6 is 13.5 Å². The van der Waals surface area contributed by atoms with Crippen LogP contribution in [0, 0.1) is 6.57 Å². The van der Waals surface area contributed by atoms with Gasteiger partial charge in [-0.1, -0.05) is 102 Å². The third kappa shape index (κ3) is 10.3. The van der Waals surface area contributed by atoms with Crippen molar-refractivity contribution in [2.24, 2.45) is 0 Å². The van der Waals surface area contributed by atoms with Gasteiger partial charge in [0, 0.05) is 19.3 Å². The van der Waals surface area contributed by atoms with Gasteiger partial charge in [-0.3, -0.25) is 0 Å². The van der Waals surface area contributed by atoms with Gasteiger partial charge in [-0.25, -0.2) is 11.0 Å². The van der Waals surface area contributed by atoms with Crippen molar-refractivity contribution in [3.8, 4) is 16.9 Å². The normalized spacial score (nSPS) is 19.8. The van der Waals surface area contributed by atoms with Crippen molar-refractivity contribution in [3.63, 3.8) is 0 Å². The molecule has 2 nitrogen and oxygen atoms in total. The maximum absolute atomic E-state index is 14.1. The minimum atomic E-state index is -0.894. The van der Waals surface area contributed by atoms with Crippen LogP contribution in [0.25, 0.3) is 16.0 Å². The van der Waals surface area contributed by atoms with E-state index in [-0.39, 0.29) is 25.6 Å². The molecule has 0 bridgehead atoms. The number of hydrogen-bond donors (Lipinski definition) is 0. The summed E-state index contributed by atoms with van der Waals surface area (Å²) in [6.07, 6.45) is 15.9. The van der Waals surface area contributed by atoms with Crippen LogP contribution in [0.15, 0.2) is 48.5 Å². The van der Waals surface area contributed by atoms with Gasteiger partial charge < -0.3 is 9.58 Å². The minimum absolute atomic E-state index is 0. The van der Waals surface area contributed by atoms with Gasteiger partial charge in [-0.05, 0) is 60.4 Å². The van der Waals surface area contributed by atoms with E-state index >= 15 is 0 Å². The van der Waals surface area contributed by atoms with E-state index in [0.29, 0.717) is 12.3 Å². The van der Waals surface area contributed by atoms with Crippen LogP contribution in [-0.2, 0) is 0 Å². The summed E-state index contributed by atoms with van der Waals surface area (Å²) in [6, 6.07) is 17.0. The molecule has 2 aromatic rings. The Balaban J connectivity index is 0.00000507. The number of rotatable bonds is 16. The molecule has 0 saturated heterocycles. The molecule has 0 aliphatic heterocycles. The summed E-state index contributed by atoms with van der Waals surface area (Å²) in [5, 5.41) is 0. The summed E-state index contributed by atoms with van der Waals surface area (Å²) in [5.74, 6) is 1.29. The maximum atomic E-state index is 14.1. The lowest BCUT2D eigenvalue weighted by Crippen LogP contribution is -2.30. The topological polar surface area (TPSA) is 13.6 Å². The van der Waals surface area contributed by atoms with E-state index in [9.17, 15) is 4.39 Å². The van der Waals surface area contributed by atoms with E-state index in [0.717, 1.165) is 56.3 Å². The molecule has 210 valence electrons. The van der Waals surface area contributed by atoms with Crippen LogP contribution in [0.4, 0.5) is 4.39 Å². The van der Waals surface area contributed by atoms with Crippen LogP contribution < -0.4 is 4.74 Å². The van der Waals surface area contributed by atoms with E-state index in [1.165, 1.54) is 56.1 Å². The average Bonchev–Trinajstić information content (AvgIpc) is 2.95. The predicted molar refractivity (Wildman–Crippen MR) is 165 cm³/mol. The van der Waals surface area contributed by atoms with Gasteiger partial charge in [-0.2, -0.15) is 13.5 Å². The van der Waals surface area contributed by atoms with E-state index in [1.807, 2.05) is 12.1 Å². The smallest absolute Gasteiger partial charge is 0.232 e. The largest absolute Gasteiger partial charge is 0.491 e. The summed E-state index contributed by atoms with van der Waals surface area (Å²) in [6.45, 7) is 12.4. The molecule has 1 aliphatic carbocycles. The summed E-state index contributed by atoms with van der Waals surface area (Å²) in [7, 11) is 0. The number of nitrogens with zero attached hydrogens (tertiary/aromatic N) is 1. The van der Waals surface area contributed by atoms with Gasteiger partial charge >= 0.3 is 0 Å². The SMILES string of the molecule is S.[C-]#[N+]C1(CCCCCCC)CCC(c2ccc(-c3ccc(OCC(F)CCCCCC)cc3)cc2)CC1. The third-order valence-electron chi connectivity index (χ3n) is 8.27. The van der Waals surface area contributed by atoms with Crippen molar-refractivity contribution in [2.75, 3.05) is 6.61 Å². The molecule has 0 radical (unpaired) electrons. The van der Waals surface area contributed by atoms with Gasteiger partial charge in [0.1, 0.15) is 18.5 Å². The summed E-state index contributed by atoms with van der Waals surface area (Å²) in [5.41, 5.74) is 3.63. The fourth-order valence-electron chi connectivity index (χ4n) is 5.72. The molecule has 0 spiro atoms. The third-order valence-corrected chi connectivity index (χ3v) is 8.27. The van der Waals surface area contributed by atoms with Crippen LogP contribution in [0.2, 0.25) is 0 Å². The molecule has 1 atom stereocenters. The molecule has 38 heavy (non-hydrogen) atoms. The molecule has 1 fully saturated rings. The number of benzene rings is 2. The van der Waals surface area contributed by atoms with Gasteiger partial charge in [0.25, 0.3) is 0 Å². The number of halogens is 1. The molecule has 1 saturated carbocycles. The summed E-state index contributed by atoms with van der Waals surface area (Å²) in [4.78, 5) is 4.15. The fraction of sp³-hybridized carbons (Fsp3) is 0.618. The zero-order valence-corrected chi connectivity index (χ0v) is 24.8. The number of hydrogen-bond acceptors (Lipinski definition) is 1. The van der Waals surface area contributed by atoms with Crippen molar-refractivity contribution >= 4 is 13.5 Å². The first-order valence-electron chi connectivity index (χ1n) is 14.9. The maximum Gasteiger partial charge on any atom is 0.232 e. The Hall–Kier alpha value is -1.99. The van der Waals surface area contributed by atoms with E-state index in [1.54, 1.807) is 0 Å². The van der Waals surface area contributed by atoms with Crippen LogP contribution in [-0.4, -0.2) is 18.3 Å². The average molecular weight is 540 g/mol. The van der Waals surface area contributed by atoms with Gasteiger partial charge in [-0.15, -0.1) is 0 Å². The van der Waals surface area contributed by atoms with Crippen molar-refractivity contribution in [1.82, 2.24) is 0 Å². The van der Waals surface area contributed by atoms with Gasteiger partial charge in [0.15, 0.2) is 0 Å². The highest BCUT2D eigenvalue weighted by molar-refractivity contribution is 7.59. The van der Waals surface area contributed by atoms with Gasteiger partial charge in [0.2, 0.25) is 5.54 Å². The number of alkyl halides is 1. The highest BCUT2D eigenvalue weighted by atomic mass is 32.1. The van der Waals surface area contributed by atoms with Crippen molar-refractivity contribution in [1.29, 1.82) is 0 Å². The highest BCUT2D eigenvalue weighted by Gasteiger charge is 2.40. The molecular formula is C34H50FNOS. The molecule has 4 heteroatoms. The minimum Gasteiger partial charge on any atom is -0.491 e. The lowest BCUT2D eigenvalue weighted by Gasteiger charge is -2.31. The monoisotopic (exact) mass is 539 g/mol. The lowest BCUT2D eigenvalue weighted by atomic mass is 9.72. The van der Waals surface area contributed by atoms with Crippen molar-refractivity contribution in [2.45, 2.75) is 128 Å². The molecule has 3 rings (SSSR count). The molecule has 1 unspecified atom stereocenters. The highest BCUT2D eigenvalue weighted by Crippen LogP contribution is 2.43. The Morgan fingerprint density at radius 3 is 1.97 bits per heavy atom. The lowest BCUT2D eigenvalue weighted by molar-refractivity contribution is 0.184. The molecule has 0 aromatic heterocycles. The first-order chi connectivity index (χ1) is 18.1. The fourth-order valence-corrected chi connectivity index (χ4v) is 5.72. The quantitative estimate of drug-likeness (QED) is 0.153. The molecule has 0 heterocycles. The van der Waals surface area contributed by atoms with E-state index in [2.05, 4.69) is 55.1 Å². The van der Waals surface area contributed by atoms with Crippen LogP contribution in [0.5, 0.6) is 5.75 Å². The zero-order chi connectivity index (χ0) is 26.3. The second-order valence-electron chi connectivity index (χ2n) is 11.2. The van der Waals surface area contributed by atoms with Crippen molar-refractivity contribution in [3.05, 3.63) is 65.5 Å². The second kappa shape index (κ2) is 17.6. The van der Waals surface area contributed by atoms with Gasteiger partial charge in [0.05, 0.1) is 0 Å². The first-order valence-corrected chi connectivity index (χ1v) is 14.9. The number of unbranched alkanes of at least 4 members (excludes halogenated alkanes) is 7. The molecule has 2 aromatic carbocycles. The van der Waals surface area contributed by atoms with Crippen molar-refractivity contribution < 1.29 is 9.13 Å². The Morgan fingerprint density at radius 1 is 0.842 bits per heavy atom. The van der Waals surface area contributed by atoms with E-state index in [4.69, 9.17) is 11.3 Å². The van der Waals surface area contributed by atoms with E-state index < -0.39 is 6.17 Å². The Kier molecular flexibility index (Phi) is 14.9. The Labute approximate surface area is 239 Å². The predicted octanol–water partition coefficient (Wildman–Crippen LogP) is 10.8. The molecular weight excluding hydrogens is 489 g/mol. The second-order valence-corrected chi connectivity index (χ2v) is 11.2. The summed E-state index contributed by atoms with van der Waals surface area (Å²) < 4.78 is 19.8.